The minimum Gasteiger partial charge on any atom is -0.321 e. The topological polar surface area (TPSA) is 55.1 Å². The summed E-state index contributed by atoms with van der Waals surface area (Å²) in [6, 6.07) is 7.68. The number of nitrogens with one attached hydrogen (secondary N) is 1. The van der Waals surface area contributed by atoms with Crippen molar-refractivity contribution in [2.24, 2.45) is 5.73 Å². The predicted octanol–water partition coefficient (Wildman–Crippen LogP) is 2.93. The lowest BCUT2D eigenvalue weighted by Gasteiger charge is -2.08. The average Bonchev–Trinajstić information content (AvgIpc) is 2.86. The van der Waals surface area contributed by atoms with Crippen molar-refractivity contribution in [3.8, 4) is 11.8 Å². The highest BCUT2D eigenvalue weighted by atomic mass is 32.1. The van der Waals surface area contributed by atoms with Crippen LogP contribution in [-0.4, -0.2) is 12.5 Å². The molecule has 3 nitrogen and oxygen atoms in total. The minimum atomic E-state index is -0.0791. The molecule has 102 valence electrons. The number of carbonyl (C=O) groups is 1. The molecule has 3 N–H and O–H groups in total. The van der Waals surface area contributed by atoms with Gasteiger partial charge in [0, 0.05) is 11.3 Å². The van der Waals surface area contributed by atoms with Crippen LogP contribution in [0.25, 0.3) is 0 Å². The van der Waals surface area contributed by atoms with Crippen LogP contribution >= 0.6 is 11.3 Å². The van der Waals surface area contributed by atoms with E-state index in [4.69, 9.17) is 5.73 Å². The van der Waals surface area contributed by atoms with E-state index in [1.807, 2.05) is 43.5 Å². The summed E-state index contributed by atoms with van der Waals surface area (Å²) in [5.74, 6) is 5.70. The molecule has 4 heteroatoms. The lowest BCUT2D eigenvalue weighted by Crippen LogP contribution is -2.12. The van der Waals surface area contributed by atoms with Gasteiger partial charge in [-0.05, 0) is 48.6 Å². The van der Waals surface area contributed by atoms with Crippen molar-refractivity contribution < 1.29 is 4.79 Å². The van der Waals surface area contributed by atoms with Gasteiger partial charge in [-0.15, -0.1) is 11.3 Å². The lowest BCUT2D eigenvalue weighted by molar-refractivity contribution is 0.103. The fourth-order valence-corrected chi connectivity index (χ4v) is 2.59. The van der Waals surface area contributed by atoms with Crippen molar-refractivity contribution in [1.82, 2.24) is 0 Å². The van der Waals surface area contributed by atoms with Gasteiger partial charge >= 0.3 is 0 Å². The van der Waals surface area contributed by atoms with Gasteiger partial charge in [0.15, 0.2) is 0 Å². The van der Waals surface area contributed by atoms with Gasteiger partial charge in [-0.2, -0.15) is 0 Å². The highest BCUT2D eigenvalue weighted by Crippen LogP contribution is 2.21. The van der Waals surface area contributed by atoms with Crippen LogP contribution < -0.4 is 11.1 Å². The molecule has 0 spiro atoms. The monoisotopic (exact) mass is 284 g/mol. The molecule has 0 aliphatic carbocycles. The molecule has 0 unspecified atom stereocenters. The lowest BCUT2D eigenvalue weighted by atomic mass is 10.1. The quantitative estimate of drug-likeness (QED) is 0.833. The highest BCUT2D eigenvalue weighted by molar-refractivity contribution is 7.12. The molecule has 0 bridgehead atoms. The molecule has 0 saturated heterocycles. The molecule has 1 heterocycles. The molecule has 2 aromatic rings. The van der Waals surface area contributed by atoms with Crippen molar-refractivity contribution in [3.63, 3.8) is 0 Å². The molecule has 0 saturated carbocycles. The van der Waals surface area contributed by atoms with Crippen molar-refractivity contribution in [2.75, 3.05) is 11.9 Å². The third-order valence-electron chi connectivity index (χ3n) is 2.89. The van der Waals surface area contributed by atoms with E-state index in [1.54, 1.807) is 0 Å². The van der Waals surface area contributed by atoms with E-state index in [-0.39, 0.29) is 5.91 Å². The van der Waals surface area contributed by atoms with Gasteiger partial charge in [0.25, 0.3) is 5.91 Å². The second-order valence-electron chi connectivity index (χ2n) is 4.42. The normalized spacial score (nSPS) is 9.75. The summed E-state index contributed by atoms with van der Waals surface area (Å²) in [7, 11) is 0. The van der Waals surface area contributed by atoms with Crippen LogP contribution in [0.3, 0.4) is 0 Å². The zero-order valence-electron chi connectivity index (χ0n) is 11.5. The maximum atomic E-state index is 12.2. The fourth-order valence-electron chi connectivity index (χ4n) is 1.77. The summed E-state index contributed by atoms with van der Waals surface area (Å²) in [6.45, 7) is 4.21. The van der Waals surface area contributed by atoms with E-state index in [0.717, 1.165) is 27.3 Å². The fraction of sp³-hybridized carbons (Fsp3) is 0.188. The van der Waals surface area contributed by atoms with Crippen LogP contribution in [0.15, 0.2) is 29.6 Å². The number of hydrogen-bond acceptors (Lipinski definition) is 3. The summed E-state index contributed by atoms with van der Waals surface area (Å²) in [5.41, 5.74) is 8.99. The van der Waals surface area contributed by atoms with E-state index >= 15 is 0 Å². The molecule has 0 radical (unpaired) electrons. The molecule has 0 aliphatic rings. The van der Waals surface area contributed by atoms with Gasteiger partial charge < -0.3 is 11.1 Å². The van der Waals surface area contributed by atoms with Gasteiger partial charge in [0.1, 0.15) is 0 Å². The van der Waals surface area contributed by atoms with Gasteiger partial charge in [-0.25, -0.2) is 0 Å². The van der Waals surface area contributed by atoms with Crippen LogP contribution in [0.4, 0.5) is 5.69 Å². The molecule has 0 atom stereocenters. The Labute approximate surface area is 122 Å². The molecular formula is C16H16N2OS. The Morgan fingerprint density at radius 1 is 1.30 bits per heavy atom. The standard InChI is InChI=1S/C16H16N2OS/c1-11-5-6-13(4-3-8-17)10-14(11)18-16(19)15-12(2)7-9-20-15/h5-7,9-10H,8,17H2,1-2H3,(H,18,19). The minimum absolute atomic E-state index is 0.0791. The smallest absolute Gasteiger partial charge is 0.266 e. The number of hydrogen-bond donors (Lipinski definition) is 2. The third-order valence-corrected chi connectivity index (χ3v) is 3.90. The second-order valence-corrected chi connectivity index (χ2v) is 5.34. The van der Waals surface area contributed by atoms with Gasteiger partial charge in [-0.1, -0.05) is 17.9 Å². The average molecular weight is 284 g/mol. The SMILES string of the molecule is Cc1ccc(C#CCN)cc1NC(=O)c1sccc1C. The van der Waals surface area contributed by atoms with Crippen LogP contribution in [0, 0.1) is 25.7 Å². The largest absolute Gasteiger partial charge is 0.321 e. The van der Waals surface area contributed by atoms with E-state index in [0.29, 0.717) is 6.54 Å². The van der Waals surface area contributed by atoms with E-state index < -0.39 is 0 Å². The summed E-state index contributed by atoms with van der Waals surface area (Å²) in [6.07, 6.45) is 0. The van der Waals surface area contributed by atoms with Crippen molar-refractivity contribution in [2.45, 2.75) is 13.8 Å². The van der Waals surface area contributed by atoms with E-state index in [2.05, 4.69) is 17.2 Å². The number of amides is 1. The van der Waals surface area contributed by atoms with Crippen molar-refractivity contribution >= 4 is 22.9 Å². The second kappa shape index (κ2) is 6.38. The first kappa shape index (κ1) is 14.3. The molecule has 2 rings (SSSR count). The Balaban J connectivity index is 2.25. The van der Waals surface area contributed by atoms with Crippen LogP contribution in [0.2, 0.25) is 0 Å². The Bertz CT molecular complexity index is 692. The van der Waals surface area contributed by atoms with Crippen LogP contribution in [-0.2, 0) is 0 Å². The molecule has 0 fully saturated rings. The maximum absolute atomic E-state index is 12.2. The summed E-state index contributed by atoms with van der Waals surface area (Å²) < 4.78 is 0. The molecule has 1 aromatic carbocycles. The molecule has 20 heavy (non-hydrogen) atoms. The first-order chi connectivity index (χ1) is 9.61. The number of rotatable bonds is 2. The molecule has 1 amide bonds. The van der Waals surface area contributed by atoms with Gasteiger partial charge in [0.05, 0.1) is 11.4 Å². The summed E-state index contributed by atoms with van der Waals surface area (Å²) in [4.78, 5) is 13.0. The van der Waals surface area contributed by atoms with Gasteiger partial charge in [-0.3, -0.25) is 4.79 Å². The molecule has 0 aliphatic heterocycles. The summed E-state index contributed by atoms with van der Waals surface area (Å²) >= 11 is 1.44. The summed E-state index contributed by atoms with van der Waals surface area (Å²) in [5, 5.41) is 4.86. The first-order valence-electron chi connectivity index (χ1n) is 6.27. The number of nitrogens with two attached hydrogens (primary N) is 1. The van der Waals surface area contributed by atoms with Crippen LogP contribution in [0.1, 0.15) is 26.4 Å². The number of anilines is 1. The number of thiophene rings is 1. The third kappa shape index (κ3) is 3.27. The van der Waals surface area contributed by atoms with Crippen molar-refractivity contribution in [1.29, 1.82) is 0 Å². The highest BCUT2D eigenvalue weighted by Gasteiger charge is 2.11. The van der Waals surface area contributed by atoms with Crippen LogP contribution in [0.5, 0.6) is 0 Å². The van der Waals surface area contributed by atoms with Crippen molar-refractivity contribution in [3.05, 3.63) is 51.2 Å². The molecular weight excluding hydrogens is 268 g/mol. The zero-order chi connectivity index (χ0) is 14.5. The van der Waals surface area contributed by atoms with E-state index in [1.165, 1.54) is 11.3 Å². The number of aryl methyl sites for hydroxylation is 2. The number of benzene rings is 1. The van der Waals surface area contributed by atoms with E-state index in [9.17, 15) is 4.79 Å². The van der Waals surface area contributed by atoms with Gasteiger partial charge in [0.2, 0.25) is 0 Å². The Morgan fingerprint density at radius 2 is 2.10 bits per heavy atom. The Hall–Kier alpha value is -2.09. The zero-order valence-corrected chi connectivity index (χ0v) is 12.3. The Kier molecular flexibility index (Phi) is 4.57. The maximum Gasteiger partial charge on any atom is 0.266 e. The number of carbonyl (C=O) groups excluding carboxylic acids is 1. The Morgan fingerprint density at radius 3 is 2.75 bits per heavy atom. The predicted molar refractivity (Wildman–Crippen MR) is 84.1 cm³/mol. The molecule has 1 aromatic heterocycles. The first-order valence-corrected chi connectivity index (χ1v) is 7.15.